The lowest BCUT2D eigenvalue weighted by molar-refractivity contribution is -0.132. The van der Waals surface area contributed by atoms with Crippen LogP contribution in [0, 0.1) is 5.92 Å². The van der Waals surface area contributed by atoms with E-state index < -0.39 is 0 Å². The van der Waals surface area contributed by atoms with Gasteiger partial charge in [-0.2, -0.15) is 0 Å². The summed E-state index contributed by atoms with van der Waals surface area (Å²) in [5.74, 6) is 1.70. The molecule has 1 aliphatic heterocycles. The maximum Gasteiger partial charge on any atom is 0.227 e. The molecule has 110 valence electrons. The van der Waals surface area contributed by atoms with Crippen molar-refractivity contribution in [1.82, 2.24) is 4.90 Å². The van der Waals surface area contributed by atoms with Gasteiger partial charge in [-0.25, -0.2) is 0 Å². The fourth-order valence-electron chi connectivity index (χ4n) is 2.75. The Morgan fingerprint density at radius 2 is 2.35 bits per heavy atom. The summed E-state index contributed by atoms with van der Waals surface area (Å²) in [5, 5.41) is 1.02. The standard InChI is InChI=1S/C16H22BrNO2/c1-20-15-6-2-4-14(10-15)11-16(19)18-9-3-5-13(12-18)7-8-17/h2,4,6,10,13H,3,5,7-9,11-12H2,1H3. The third kappa shape index (κ3) is 4.23. The number of carbonyl (C=O) groups is 1. The molecule has 1 heterocycles. The number of nitrogens with zero attached hydrogens (tertiary/aromatic N) is 1. The second-order valence-corrected chi connectivity index (χ2v) is 6.15. The second-order valence-electron chi connectivity index (χ2n) is 5.35. The summed E-state index contributed by atoms with van der Waals surface area (Å²) in [4.78, 5) is 14.4. The smallest absolute Gasteiger partial charge is 0.227 e. The van der Waals surface area contributed by atoms with Gasteiger partial charge in [0.2, 0.25) is 5.91 Å². The van der Waals surface area contributed by atoms with Crippen LogP contribution in [-0.4, -0.2) is 36.3 Å². The van der Waals surface area contributed by atoms with Gasteiger partial charge in [0.05, 0.1) is 13.5 Å². The fraction of sp³-hybridized carbons (Fsp3) is 0.562. The Morgan fingerprint density at radius 1 is 1.50 bits per heavy atom. The number of carbonyl (C=O) groups excluding carboxylic acids is 1. The van der Waals surface area contributed by atoms with Crippen LogP contribution in [0.15, 0.2) is 24.3 Å². The zero-order chi connectivity index (χ0) is 14.4. The van der Waals surface area contributed by atoms with Crippen molar-refractivity contribution in [3.05, 3.63) is 29.8 Å². The molecule has 1 unspecified atom stereocenters. The van der Waals surface area contributed by atoms with Crippen molar-refractivity contribution in [2.45, 2.75) is 25.7 Å². The summed E-state index contributed by atoms with van der Waals surface area (Å²) >= 11 is 3.49. The number of rotatable bonds is 5. The van der Waals surface area contributed by atoms with Crippen LogP contribution < -0.4 is 4.74 Å². The normalized spacial score (nSPS) is 18.9. The van der Waals surface area contributed by atoms with Gasteiger partial charge in [0.1, 0.15) is 5.75 Å². The zero-order valence-electron chi connectivity index (χ0n) is 12.0. The molecule has 1 amide bonds. The molecule has 0 spiro atoms. The molecular weight excluding hydrogens is 318 g/mol. The van der Waals surface area contributed by atoms with Crippen molar-refractivity contribution in [3.8, 4) is 5.75 Å². The Balaban J connectivity index is 1.93. The van der Waals surface area contributed by atoms with E-state index in [0.717, 1.165) is 42.6 Å². The van der Waals surface area contributed by atoms with Gasteiger partial charge in [-0.15, -0.1) is 0 Å². The minimum absolute atomic E-state index is 0.234. The first-order chi connectivity index (χ1) is 9.72. The number of amides is 1. The van der Waals surface area contributed by atoms with Crippen LogP contribution in [0.4, 0.5) is 0 Å². The highest BCUT2D eigenvalue weighted by molar-refractivity contribution is 9.09. The lowest BCUT2D eigenvalue weighted by Crippen LogP contribution is -2.40. The maximum atomic E-state index is 12.4. The molecule has 1 aliphatic rings. The third-order valence-corrected chi connectivity index (χ3v) is 4.34. The number of piperidine rings is 1. The molecule has 20 heavy (non-hydrogen) atoms. The Bertz CT molecular complexity index is 448. The monoisotopic (exact) mass is 339 g/mol. The highest BCUT2D eigenvalue weighted by Crippen LogP contribution is 2.21. The van der Waals surface area contributed by atoms with E-state index in [0.29, 0.717) is 12.3 Å². The van der Waals surface area contributed by atoms with E-state index in [4.69, 9.17) is 4.74 Å². The Kier molecular flexibility index (Phi) is 5.89. The maximum absolute atomic E-state index is 12.4. The molecule has 0 radical (unpaired) electrons. The largest absolute Gasteiger partial charge is 0.497 e. The summed E-state index contributed by atoms with van der Waals surface area (Å²) in [5.41, 5.74) is 1.02. The number of alkyl halides is 1. The summed E-state index contributed by atoms with van der Waals surface area (Å²) in [7, 11) is 1.65. The van der Waals surface area contributed by atoms with E-state index in [2.05, 4.69) is 15.9 Å². The summed E-state index contributed by atoms with van der Waals surface area (Å²) in [6.07, 6.45) is 4.00. The summed E-state index contributed by atoms with van der Waals surface area (Å²) in [6.45, 7) is 1.82. The molecule has 1 saturated heterocycles. The zero-order valence-corrected chi connectivity index (χ0v) is 13.6. The van der Waals surface area contributed by atoms with Crippen LogP contribution in [0.1, 0.15) is 24.8 Å². The molecule has 0 N–H and O–H groups in total. The van der Waals surface area contributed by atoms with Crippen molar-refractivity contribution >= 4 is 21.8 Å². The molecule has 1 aromatic carbocycles. The average Bonchev–Trinajstić information content (AvgIpc) is 2.48. The predicted octanol–water partition coefficient (Wildman–Crippen LogP) is 3.26. The Labute approximate surface area is 129 Å². The highest BCUT2D eigenvalue weighted by Gasteiger charge is 2.23. The van der Waals surface area contributed by atoms with Gasteiger partial charge >= 0.3 is 0 Å². The number of methoxy groups -OCH3 is 1. The van der Waals surface area contributed by atoms with Gasteiger partial charge in [0.15, 0.2) is 0 Å². The molecule has 2 rings (SSSR count). The first kappa shape index (κ1) is 15.4. The predicted molar refractivity (Wildman–Crippen MR) is 84.4 cm³/mol. The summed E-state index contributed by atoms with van der Waals surface area (Å²) < 4.78 is 5.20. The lowest BCUT2D eigenvalue weighted by Gasteiger charge is -2.32. The topological polar surface area (TPSA) is 29.5 Å². The SMILES string of the molecule is COc1cccc(CC(=O)N2CCCC(CCBr)C2)c1. The van der Waals surface area contributed by atoms with Gasteiger partial charge in [0, 0.05) is 18.4 Å². The third-order valence-electron chi connectivity index (χ3n) is 3.88. The van der Waals surface area contributed by atoms with E-state index in [1.165, 1.54) is 6.42 Å². The number of likely N-dealkylation sites (tertiary alicyclic amines) is 1. The van der Waals surface area contributed by atoms with E-state index in [1.54, 1.807) is 7.11 Å². The average molecular weight is 340 g/mol. The van der Waals surface area contributed by atoms with Crippen LogP contribution in [0.3, 0.4) is 0 Å². The summed E-state index contributed by atoms with van der Waals surface area (Å²) in [6, 6.07) is 7.77. The van der Waals surface area contributed by atoms with Crippen LogP contribution in [-0.2, 0) is 11.2 Å². The van der Waals surface area contributed by atoms with E-state index >= 15 is 0 Å². The van der Waals surface area contributed by atoms with Gasteiger partial charge < -0.3 is 9.64 Å². The number of hydrogen-bond donors (Lipinski definition) is 0. The molecule has 0 aromatic heterocycles. The molecule has 0 aliphatic carbocycles. The van der Waals surface area contributed by atoms with E-state index in [9.17, 15) is 4.79 Å². The molecule has 1 atom stereocenters. The molecule has 1 aromatic rings. The van der Waals surface area contributed by atoms with Crippen LogP contribution in [0.25, 0.3) is 0 Å². The van der Waals surface area contributed by atoms with Gasteiger partial charge in [-0.3, -0.25) is 4.79 Å². The van der Waals surface area contributed by atoms with Crippen molar-refractivity contribution in [3.63, 3.8) is 0 Å². The van der Waals surface area contributed by atoms with Gasteiger partial charge in [0.25, 0.3) is 0 Å². The number of ether oxygens (including phenoxy) is 1. The number of halogens is 1. The number of benzene rings is 1. The van der Waals surface area contributed by atoms with Crippen LogP contribution >= 0.6 is 15.9 Å². The lowest BCUT2D eigenvalue weighted by atomic mass is 9.95. The number of hydrogen-bond acceptors (Lipinski definition) is 2. The van der Waals surface area contributed by atoms with Crippen molar-refractivity contribution < 1.29 is 9.53 Å². The van der Waals surface area contributed by atoms with Crippen LogP contribution in [0.5, 0.6) is 5.75 Å². The fourth-order valence-corrected chi connectivity index (χ4v) is 3.40. The minimum atomic E-state index is 0.234. The minimum Gasteiger partial charge on any atom is -0.497 e. The van der Waals surface area contributed by atoms with Crippen molar-refractivity contribution in [1.29, 1.82) is 0 Å². The highest BCUT2D eigenvalue weighted by atomic mass is 79.9. The molecular formula is C16H22BrNO2. The van der Waals surface area contributed by atoms with Gasteiger partial charge in [-0.05, 0) is 42.9 Å². The molecule has 3 nitrogen and oxygen atoms in total. The molecule has 0 bridgehead atoms. The van der Waals surface area contributed by atoms with Crippen LogP contribution in [0.2, 0.25) is 0 Å². The van der Waals surface area contributed by atoms with Crippen molar-refractivity contribution in [2.75, 3.05) is 25.5 Å². The molecule has 4 heteroatoms. The first-order valence-corrected chi connectivity index (χ1v) is 8.31. The molecule has 0 saturated carbocycles. The Hall–Kier alpha value is -1.03. The van der Waals surface area contributed by atoms with E-state index in [1.807, 2.05) is 29.2 Å². The molecule has 1 fully saturated rings. The van der Waals surface area contributed by atoms with E-state index in [-0.39, 0.29) is 5.91 Å². The first-order valence-electron chi connectivity index (χ1n) is 7.19. The van der Waals surface area contributed by atoms with Crippen molar-refractivity contribution in [2.24, 2.45) is 5.92 Å². The second kappa shape index (κ2) is 7.67. The Morgan fingerprint density at radius 3 is 3.10 bits per heavy atom. The quantitative estimate of drug-likeness (QED) is 0.770. The van der Waals surface area contributed by atoms with Gasteiger partial charge in [-0.1, -0.05) is 28.1 Å².